The van der Waals surface area contributed by atoms with Crippen LogP contribution < -0.4 is 11.5 Å². The SMILES string of the molecule is Nc1n[nH]c(C2CCN(C(=O)[C@H]3CC[C@@H](O)[C@H](N)C3)CC2)n1. The van der Waals surface area contributed by atoms with Gasteiger partial charge in [-0.2, -0.15) is 4.98 Å². The first-order chi connectivity index (χ1) is 10.5. The summed E-state index contributed by atoms with van der Waals surface area (Å²) in [5, 5.41) is 16.4. The van der Waals surface area contributed by atoms with Crippen LogP contribution in [0.5, 0.6) is 0 Å². The molecule has 3 rings (SSSR count). The van der Waals surface area contributed by atoms with Crippen LogP contribution in [0.1, 0.15) is 43.8 Å². The highest BCUT2D eigenvalue weighted by Crippen LogP contribution is 2.30. The average molecular weight is 308 g/mol. The van der Waals surface area contributed by atoms with Gasteiger partial charge in [-0.25, -0.2) is 0 Å². The Balaban J connectivity index is 1.54. The van der Waals surface area contributed by atoms with Crippen molar-refractivity contribution in [2.45, 2.75) is 50.2 Å². The Labute approximate surface area is 129 Å². The zero-order chi connectivity index (χ0) is 15.7. The molecule has 2 aliphatic rings. The van der Waals surface area contributed by atoms with Crippen molar-refractivity contribution in [3.8, 4) is 0 Å². The number of rotatable bonds is 2. The van der Waals surface area contributed by atoms with Gasteiger partial charge in [-0.3, -0.25) is 9.89 Å². The molecule has 1 saturated carbocycles. The predicted octanol–water partition coefficient (Wildman–Crippen LogP) is -0.419. The molecule has 1 amide bonds. The number of piperidine rings is 1. The lowest BCUT2D eigenvalue weighted by Gasteiger charge is -2.36. The molecular formula is C14H24N6O2. The number of carbonyl (C=O) groups excluding carboxylic acids is 1. The summed E-state index contributed by atoms with van der Waals surface area (Å²) in [4.78, 5) is 18.7. The minimum absolute atomic E-state index is 0.0455. The summed E-state index contributed by atoms with van der Waals surface area (Å²) >= 11 is 0. The number of anilines is 1. The average Bonchev–Trinajstić information content (AvgIpc) is 2.96. The maximum absolute atomic E-state index is 12.6. The van der Waals surface area contributed by atoms with Crippen LogP contribution in [-0.4, -0.2) is 56.3 Å². The van der Waals surface area contributed by atoms with E-state index in [1.54, 1.807) is 0 Å². The van der Waals surface area contributed by atoms with E-state index >= 15 is 0 Å². The highest BCUT2D eigenvalue weighted by atomic mass is 16.3. The number of amides is 1. The molecule has 0 aromatic carbocycles. The van der Waals surface area contributed by atoms with Crippen molar-refractivity contribution in [1.82, 2.24) is 20.1 Å². The molecule has 6 N–H and O–H groups in total. The Bertz CT molecular complexity index is 525. The first-order valence-corrected chi connectivity index (χ1v) is 7.94. The van der Waals surface area contributed by atoms with E-state index in [0.29, 0.717) is 12.8 Å². The van der Waals surface area contributed by atoms with Crippen LogP contribution in [0.4, 0.5) is 5.95 Å². The largest absolute Gasteiger partial charge is 0.392 e. The second kappa shape index (κ2) is 6.21. The number of hydrogen-bond donors (Lipinski definition) is 4. The van der Waals surface area contributed by atoms with Crippen LogP contribution in [0.2, 0.25) is 0 Å². The van der Waals surface area contributed by atoms with Crippen LogP contribution in [0, 0.1) is 5.92 Å². The van der Waals surface area contributed by atoms with Gasteiger partial charge in [-0.15, -0.1) is 5.10 Å². The number of H-pyrrole nitrogens is 1. The molecule has 3 atom stereocenters. The molecule has 1 aromatic heterocycles. The van der Waals surface area contributed by atoms with Gasteiger partial charge in [0.1, 0.15) is 5.82 Å². The molecule has 1 saturated heterocycles. The van der Waals surface area contributed by atoms with E-state index in [1.807, 2.05) is 4.90 Å². The molecule has 0 bridgehead atoms. The summed E-state index contributed by atoms with van der Waals surface area (Å²) in [5.41, 5.74) is 11.4. The van der Waals surface area contributed by atoms with Crippen molar-refractivity contribution < 1.29 is 9.90 Å². The van der Waals surface area contributed by atoms with Crippen molar-refractivity contribution in [3.05, 3.63) is 5.82 Å². The van der Waals surface area contributed by atoms with E-state index < -0.39 is 6.10 Å². The van der Waals surface area contributed by atoms with Crippen LogP contribution >= 0.6 is 0 Å². The van der Waals surface area contributed by atoms with Crippen molar-refractivity contribution in [1.29, 1.82) is 0 Å². The number of likely N-dealkylation sites (tertiary alicyclic amines) is 1. The zero-order valence-electron chi connectivity index (χ0n) is 12.6. The third kappa shape index (κ3) is 3.07. The number of aromatic amines is 1. The third-order valence-electron chi connectivity index (χ3n) is 4.92. The minimum Gasteiger partial charge on any atom is -0.392 e. The highest BCUT2D eigenvalue weighted by molar-refractivity contribution is 5.79. The number of aromatic nitrogens is 3. The second-order valence-electron chi connectivity index (χ2n) is 6.42. The van der Waals surface area contributed by atoms with Crippen molar-refractivity contribution >= 4 is 11.9 Å². The van der Waals surface area contributed by atoms with Crippen LogP contribution in [0.3, 0.4) is 0 Å². The number of aliphatic hydroxyl groups is 1. The normalized spacial score (nSPS) is 30.5. The van der Waals surface area contributed by atoms with E-state index in [2.05, 4.69) is 15.2 Å². The first kappa shape index (κ1) is 15.2. The number of carbonyl (C=O) groups is 1. The lowest BCUT2D eigenvalue weighted by Crippen LogP contribution is -2.47. The Morgan fingerprint density at radius 2 is 2.00 bits per heavy atom. The van der Waals surface area contributed by atoms with E-state index in [0.717, 1.165) is 38.2 Å². The number of hydrogen-bond acceptors (Lipinski definition) is 6. The fraction of sp³-hybridized carbons (Fsp3) is 0.786. The lowest BCUT2D eigenvalue weighted by molar-refractivity contribution is -0.138. The quantitative estimate of drug-likeness (QED) is 0.586. The Morgan fingerprint density at radius 3 is 2.59 bits per heavy atom. The monoisotopic (exact) mass is 308 g/mol. The Kier molecular flexibility index (Phi) is 4.30. The molecule has 0 unspecified atom stereocenters. The van der Waals surface area contributed by atoms with Gasteiger partial charge < -0.3 is 21.5 Å². The molecule has 0 spiro atoms. The van der Waals surface area contributed by atoms with Crippen molar-refractivity contribution in [2.75, 3.05) is 18.8 Å². The summed E-state index contributed by atoms with van der Waals surface area (Å²) in [7, 11) is 0. The lowest BCUT2D eigenvalue weighted by atomic mass is 9.83. The number of aliphatic hydroxyl groups excluding tert-OH is 1. The molecule has 8 heteroatoms. The zero-order valence-corrected chi connectivity index (χ0v) is 12.6. The summed E-state index contributed by atoms with van der Waals surface area (Å²) < 4.78 is 0. The van der Waals surface area contributed by atoms with Crippen LogP contribution in [0.25, 0.3) is 0 Å². The van der Waals surface area contributed by atoms with Crippen LogP contribution in [-0.2, 0) is 4.79 Å². The van der Waals surface area contributed by atoms with Gasteiger partial charge in [0.15, 0.2) is 0 Å². The molecule has 2 heterocycles. The number of nitrogens with one attached hydrogen (secondary N) is 1. The summed E-state index contributed by atoms with van der Waals surface area (Å²) in [6, 6.07) is -0.280. The van der Waals surface area contributed by atoms with Gasteiger partial charge >= 0.3 is 0 Å². The van der Waals surface area contributed by atoms with E-state index in [1.165, 1.54) is 0 Å². The smallest absolute Gasteiger partial charge is 0.239 e. The Morgan fingerprint density at radius 1 is 1.27 bits per heavy atom. The van der Waals surface area contributed by atoms with E-state index in [4.69, 9.17) is 11.5 Å². The molecule has 1 aromatic rings. The standard InChI is InChI=1S/C14H24N6O2/c15-10-7-9(1-2-11(10)21)13(22)20-5-3-8(4-6-20)12-17-14(16)19-18-12/h8-11,21H,1-7,15H2,(H3,16,17,18,19)/t9-,10+,11+/m0/s1. The van der Waals surface area contributed by atoms with Gasteiger partial charge in [0, 0.05) is 31.0 Å². The van der Waals surface area contributed by atoms with Gasteiger partial charge in [0.25, 0.3) is 0 Å². The van der Waals surface area contributed by atoms with Gasteiger partial charge in [0.2, 0.25) is 11.9 Å². The molecular weight excluding hydrogens is 284 g/mol. The number of nitrogens with two attached hydrogens (primary N) is 2. The van der Waals surface area contributed by atoms with Gasteiger partial charge in [-0.1, -0.05) is 0 Å². The number of nitrogen functional groups attached to an aromatic ring is 1. The first-order valence-electron chi connectivity index (χ1n) is 7.94. The molecule has 8 nitrogen and oxygen atoms in total. The molecule has 2 fully saturated rings. The fourth-order valence-corrected chi connectivity index (χ4v) is 3.52. The van der Waals surface area contributed by atoms with Gasteiger partial charge in [0.05, 0.1) is 6.10 Å². The Hall–Kier alpha value is -1.67. The minimum atomic E-state index is -0.466. The van der Waals surface area contributed by atoms with Crippen LogP contribution in [0.15, 0.2) is 0 Å². The number of nitrogens with zero attached hydrogens (tertiary/aromatic N) is 3. The topological polar surface area (TPSA) is 134 Å². The third-order valence-corrected chi connectivity index (χ3v) is 4.92. The highest BCUT2D eigenvalue weighted by Gasteiger charge is 2.34. The van der Waals surface area contributed by atoms with E-state index in [9.17, 15) is 9.90 Å². The summed E-state index contributed by atoms with van der Waals surface area (Å²) in [5.74, 6) is 1.49. The van der Waals surface area contributed by atoms with E-state index in [-0.39, 0.29) is 29.7 Å². The molecule has 1 aliphatic heterocycles. The van der Waals surface area contributed by atoms with Gasteiger partial charge in [-0.05, 0) is 32.1 Å². The summed E-state index contributed by atoms with van der Waals surface area (Å²) in [6.45, 7) is 1.44. The summed E-state index contributed by atoms with van der Waals surface area (Å²) in [6.07, 6.45) is 3.19. The van der Waals surface area contributed by atoms with Crippen molar-refractivity contribution in [3.63, 3.8) is 0 Å². The molecule has 22 heavy (non-hydrogen) atoms. The second-order valence-corrected chi connectivity index (χ2v) is 6.42. The molecule has 0 radical (unpaired) electrons. The molecule has 1 aliphatic carbocycles. The molecule has 122 valence electrons. The maximum Gasteiger partial charge on any atom is 0.239 e. The fourth-order valence-electron chi connectivity index (χ4n) is 3.52. The maximum atomic E-state index is 12.6. The van der Waals surface area contributed by atoms with Crippen molar-refractivity contribution in [2.24, 2.45) is 11.7 Å². The predicted molar refractivity (Wildman–Crippen MR) is 80.7 cm³/mol.